The van der Waals surface area contributed by atoms with Crippen LogP contribution in [0.2, 0.25) is 0 Å². The van der Waals surface area contributed by atoms with Crippen molar-refractivity contribution in [2.45, 2.75) is 57.4 Å². The highest BCUT2D eigenvalue weighted by molar-refractivity contribution is 4.76. The molecule has 1 rings (SSSR count). The van der Waals surface area contributed by atoms with Gasteiger partial charge in [0.15, 0.2) is 0 Å². The molecule has 0 saturated heterocycles. The maximum atomic E-state index is 13.2. The molecule has 1 saturated carbocycles. The summed E-state index contributed by atoms with van der Waals surface area (Å²) in [4.78, 5) is 0. The topological polar surface area (TPSA) is 29.5 Å². The van der Waals surface area contributed by atoms with Crippen molar-refractivity contribution in [3.05, 3.63) is 0 Å². The van der Waals surface area contributed by atoms with Crippen LogP contribution < -0.4 is 0 Å². The number of halogens is 1. The minimum atomic E-state index is -0.850. The van der Waals surface area contributed by atoms with Gasteiger partial charge >= 0.3 is 0 Å². The summed E-state index contributed by atoms with van der Waals surface area (Å²) < 4.78 is 18.6. The number of hydrogen-bond acceptors (Lipinski definition) is 2. The fourth-order valence-corrected chi connectivity index (χ4v) is 1.55. The Morgan fingerprint density at radius 1 is 1.38 bits per heavy atom. The standard InChI is InChI=1S/C10H19FO2/c1-10(2,12)7-13-9-6-4-3-5-8(9)11/h8-9,12H,3-7H2,1-2H3/t8-,9+/m1/s1. The van der Waals surface area contributed by atoms with Crippen LogP contribution in [0.15, 0.2) is 0 Å². The predicted molar refractivity (Wildman–Crippen MR) is 49.4 cm³/mol. The summed E-state index contributed by atoms with van der Waals surface area (Å²) in [7, 11) is 0. The third-order valence-corrected chi connectivity index (χ3v) is 2.27. The average Bonchev–Trinajstić information content (AvgIpc) is 2.01. The lowest BCUT2D eigenvalue weighted by Crippen LogP contribution is -2.35. The monoisotopic (exact) mass is 190 g/mol. The van der Waals surface area contributed by atoms with Crippen molar-refractivity contribution in [3.8, 4) is 0 Å². The largest absolute Gasteiger partial charge is 0.388 e. The van der Waals surface area contributed by atoms with Crippen LogP contribution in [0.5, 0.6) is 0 Å². The second-order valence-corrected chi connectivity index (χ2v) is 4.46. The van der Waals surface area contributed by atoms with E-state index in [0.717, 1.165) is 19.3 Å². The van der Waals surface area contributed by atoms with Gasteiger partial charge in [-0.15, -0.1) is 0 Å². The van der Waals surface area contributed by atoms with Crippen LogP contribution in [-0.4, -0.2) is 29.6 Å². The quantitative estimate of drug-likeness (QED) is 0.738. The van der Waals surface area contributed by atoms with Crippen molar-refractivity contribution >= 4 is 0 Å². The van der Waals surface area contributed by atoms with Crippen molar-refractivity contribution in [2.24, 2.45) is 0 Å². The molecule has 0 bridgehead atoms. The Morgan fingerprint density at radius 3 is 2.54 bits per heavy atom. The molecule has 0 aromatic carbocycles. The Labute approximate surface area is 79.1 Å². The molecule has 0 amide bonds. The molecule has 0 aliphatic heterocycles. The molecule has 0 aromatic rings. The van der Waals surface area contributed by atoms with Gasteiger partial charge < -0.3 is 9.84 Å². The van der Waals surface area contributed by atoms with Crippen LogP contribution in [0.4, 0.5) is 4.39 Å². The fraction of sp³-hybridized carbons (Fsp3) is 1.00. The van der Waals surface area contributed by atoms with Crippen molar-refractivity contribution in [1.82, 2.24) is 0 Å². The molecule has 1 aliphatic carbocycles. The number of rotatable bonds is 3. The highest BCUT2D eigenvalue weighted by Crippen LogP contribution is 2.24. The van der Waals surface area contributed by atoms with Gasteiger partial charge in [0, 0.05) is 0 Å². The minimum absolute atomic E-state index is 0.220. The second-order valence-electron chi connectivity index (χ2n) is 4.46. The molecule has 1 aliphatic rings. The molecule has 1 fully saturated rings. The molecule has 0 aromatic heterocycles. The lowest BCUT2D eigenvalue weighted by molar-refractivity contribution is -0.0863. The van der Waals surface area contributed by atoms with Gasteiger partial charge in [0.2, 0.25) is 0 Å². The fourth-order valence-electron chi connectivity index (χ4n) is 1.55. The molecule has 3 heteroatoms. The van der Waals surface area contributed by atoms with E-state index in [2.05, 4.69) is 0 Å². The molecule has 0 spiro atoms. The van der Waals surface area contributed by atoms with Gasteiger partial charge in [0.05, 0.1) is 18.3 Å². The zero-order chi connectivity index (χ0) is 9.90. The molecule has 0 unspecified atom stereocenters. The smallest absolute Gasteiger partial charge is 0.126 e. The van der Waals surface area contributed by atoms with E-state index >= 15 is 0 Å². The van der Waals surface area contributed by atoms with E-state index in [1.54, 1.807) is 13.8 Å². The number of ether oxygens (including phenoxy) is 1. The molecule has 2 nitrogen and oxygen atoms in total. The first kappa shape index (κ1) is 10.9. The Bertz CT molecular complexity index is 153. The Kier molecular flexibility index (Phi) is 3.68. The Balaban J connectivity index is 2.27. The van der Waals surface area contributed by atoms with Crippen molar-refractivity contribution in [1.29, 1.82) is 0 Å². The maximum Gasteiger partial charge on any atom is 0.126 e. The summed E-state index contributed by atoms with van der Waals surface area (Å²) in [6, 6.07) is 0. The Morgan fingerprint density at radius 2 is 2.00 bits per heavy atom. The third kappa shape index (κ3) is 4.05. The van der Waals surface area contributed by atoms with Crippen LogP contribution in [0, 0.1) is 0 Å². The van der Waals surface area contributed by atoms with Gasteiger partial charge in [-0.05, 0) is 26.7 Å². The van der Waals surface area contributed by atoms with E-state index in [0.29, 0.717) is 6.42 Å². The summed E-state index contributed by atoms with van der Waals surface area (Å²) >= 11 is 0. The van der Waals surface area contributed by atoms with E-state index in [1.165, 1.54) is 0 Å². The average molecular weight is 190 g/mol. The zero-order valence-electron chi connectivity index (χ0n) is 8.42. The number of alkyl halides is 1. The first-order chi connectivity index (χ1) is 5.99. The summed E-state index contributed by atoms with van der Waals surface area (Å²) in [5, 5.41) is 9.39. The van der Waals surface area contributed by atoms with Gasteiger partial charge in [-0.25, -0.2) is 4.39 Å². The second kappa shape index (κ2) is 4.38. The predicted octanol–water partition coefficient (Wildman–Crippen LogP) is 2.05. The van der Waals surface area contributed by atoms with Crippen LogP contribution in [0.25, 0.3) is 0 Å². The summed E-state index contributed by atoms with van der Waals surface area (Å²) in [6.07, 6.45) is 2.27. The summed E-state index contributed by atoms with van der Waals surface area (Å²) in [6.45, 7) is 3.56. The first-order valence-corrected chi connectivity index (χ1v) is 4.97. The third-order valence-electron chi connectivity index (χ3n) is 2.27. The SMILES string of the molecule is CC(C)(O)CO[C@H]1CCCC[C@H]1F. The highest BCUT2D eigenvalue weighted by atomic mass is 19.1. The van der Waals surface area contributed by atoms with Crippen molar-refractivity contribution in [3.63, 3.8) is 0 Å². The summed E-state index contributed by atoms with van der Waals surface area (Å²) in [5.74, 6) is 0. The van der Waals surface area contributed by atoms with Crippen LogP contribution in [0.3, 0.4) is 0 Å². The highest BCUT2D eigenvalue weighted by Gasteiger charge is 2.27. The zero-order valence-corrected chi connectivity index (χ0v) is 8.42. The molecule has 78 valence electrons. The number of aliphatic hydroxyl groups is 1. The van der Waals surface area contributed by atoms with E-state index in [1.807, 2.05) is 0 Å². The van der Waals surface area contributed by atoms with E-state index < -0.39 is 11.8 Å². The molecule has 0 radical (unpaired) electrons. The van der Waals surface area contributed by atoms with Gasteiger partial charge in [-0.3, -0.25) is 0 Å². The molecule has 2 atom stereocenters. The molecular weight excluding hydrogens is 171 g/mol. The maximum absolute atomic E-state index is 13.2. The lowest BCUT2D eigenvalue weighted by Gasteiger charge is -2.28. The van der Waals surface area contributed by atoms with Gasteiger partial charge in [0.1, 0.15) is 6.17 Å². The molecule has 13 heavy (non-hydrogen) atoms. The summed E-state index contributed by atoms with van der Waals surface area (Å²) in [5.41, 5.74) is -0.850. The normalized spacial score (nSPS) is 30.5. The van der Waals surface area contributed by atoms with Gasteiger partial charge in [-0.1, -0.05) is 12.8 Å². The lowest BCUT2D eigenvalue weighted by atomic mass is 9.96. The first-order valence-electron chi connectivity index (χ1n) is 4.97. The van der Waals surface area contributed by atoms with Gasteiger partial charge in [0.25, 0.3) is 0 Å². The molecule has 0 heterocycles. The van der Waals surface area contributed by atoms with Crippen LogP contribution in [0.1, 0.15) is 39.5 Å². The van der Waals surface area contributed by atoms with Crippen molar-refractivity contribution < 1.29 is 14.2 Å². The molecule has 1 N–H and O–H groups in total. The minimum Gasteiger partial charge on any atom is -0.388 e. The van der Waals surface area contributed by atoms with E-state index in [-0.39, 0.29) is 12.7 Å². The molecular formula is C10H19FO2. The van der Waals surface area contributed by atoms with E-state index in [4.69, 9.17) is 4.74 Å². The van der Waals surface area contributed by atoms with Crippen molar-refractivity contribution in [2.75, 3.05) is 6.61 Å². The number of hydrogen-bond donors (Lipinski definition) is 1. The van der Waals surface area contributed by atoms with Gasteiger partial charge in [-0.2, -0.15) is 0 Å². The van der Waals surface area contributed by atoms with Crippen LogP contribution in [-0.2, 0) is 4.74 Å². The van der Waals surface area contributed by atoms with Crippen LogP contribution >= 0.6 is 0 Å². The Hall–Kier alpha value is -0.150. The van der Waals surface area contributed by atoms with E-state index in [9.17, 15) is 9.50 Å².